The minimum Gasteiger partial charge on any atom is -0.395 e. The van der Waals surface area contributed by atoms with Crippen molar-refractivity contribution < 1.29 is 5.11 Å². The molecule has 4 heteroatoms. The van der Waals surface area contributed by atoms with Crippen LogP contribution in [0.1, 0.15) is 0 Å². The maximum Gasteiger partial charge on any atom is 0.0559 e. The summed E-state index contributed by atoms with van der Waals surface area (Å²) in [4.78, 5) is 2.10. The lowest BCUT2D eigenvalue weighted by Gasteiger charge is -2.27. The highest BCUT2D eigenvalue weighted by molar-refractivity contribution is 4.58. The average Bonchev–Trinajstić information content (AvgIpc) is 1.91. The van der Waals surface area contributed by atoms with Crippen LogP contribution in [0.3, 0.4) is 0 Å². The Kier molecular flexibility index (Phi) is 2.93. The molecule has 1 aliphatic heterocycles. The molecular formula is C5H13N3O. The Bertz CT molecular complexity index is 69.8. The zero-order valence-electron chi connectivity index (χ0n) is 5.43. The Balaban J connectivity index is 2.08. The van der Waals surface area contributed by atoms with Crippen molar-refractivity contribution in [1.82, 2.24) is 15.5 Å². The summed E-state index contributed by atoms with van der Waals surface area (Å²) < 4.78 is 0. The van der Waals surface area contributed by atoms with Crippen molar-refractivity contribution in [2.75, 3.05) is 33.2 Å². The summed E-state index contributed by atoms with van der Waals surface area (Å²) in [6.45, 7) is 3.63. The van der Waals surface area contributed by atoms with E-state index in [2.05, 4.69) is 15.5 Å². The first-order valence-corrected chi connectivity index (χ1v) is 3.18. The Hall–Kier alpha value is -0.160. The van der Waals surface area contributed by atoms with Crippen LogP contribution in [0.5, 0.6) is 0 Å². The van der Waals surface area contributed by atoms with Gasteiger partial charge in [-0.25, -0.2) is 0 Å². The van der Waals surface area contributed by atoms with Gasteiger partial charge in [-0.1, -0.05) is 0 Å². The Morgan fingerprint density at radius 3 is 2.56 bits per heavy atom. The number of hydrogen-bond donors (Lipinski definition) is 3. The number of hydrogen-bond acceptors (Lipinski definition) is 4. The second-order valence-electron chi connectivity index (χ2n) is 2.11. The van der Waals surface area contributed by atoms with E-state index in [4.69, 9.17) is 5.11 Å². The van der Waals surface area contributed by atoms with E-state index < -0.39 is 0 Å². The molecule has 0 spiro atoms. The summed E-state index contributed by atoms with van der Waals surface area (Å²) in [6.07, 6.45) is 0. The molecule has 4 nitrogen and oxygen atoms in total. The Morgan fingerprint density at radius 1 is 1.33 bits per heavy atom. The first kappa shape index (κ1) is 6.95. The summed E-state index contributed by atoms with van der Waals surface area (Å²) in [6, 6.07) is 0. The molecule has 1 fully saturated rings. The molecule has 0 aromatic heterocycles. The molecule has 1 rings (SSSR count). The van der Waals surface area contributed by atoms with E-state index in [0.717, 1.165) is 26.6 Å². The van der Waals surface area contributed by atoms with E-state index >= 15 is 0 Å². The molecule has 0 aromatic rings. The van der Waals surface area contributed by atoms with Crippen molar-refractivity contribution in [3.63, 3.8) is 0 Å². The van der Waals surface area contributed by atoms with E-state index in [0.29, 0.717) is 0 Å². The summed E-state index contributed by atoms with van der Waals surface area (Å²) in [5, 5.41) is 14.8. The fourth-order valence-corrected chi connectivity index (χ4v) is 0.872. The van der Waals surface area contributed by atoms with E-state index in [1.165, 1.54) is 0 Å². The normalized spacial score (nSPS) is 22.3. The van der Waals surface area contributed by atoms with Gasteiger partial charge in [-0.15, -0.1) is 0 Å². The van der Waals surface area contributed by atoms with Gasteiger partial charge >= 0.3 is 0 Å². The third kappa shape index (κ3) is 2.28. The lowest BCUT2D eigenvalue weighted by atomic mass is 10.5. The fraction of sp³-hybridized carbons (Fsp3) is 1.00. The number of aliphatic hydroxyl groups is 1. The second kappa shape index (κ2) is 3.79. The minimum absolute atomic E-state index is 0.239. The SMILES string of the molecule is OCCN1CNCNC1. The van der Waals surface area contributed by atoms with E-state index in [-0.39, 0.29) is 6.61 Å². The van der Waals surface area contributed by atoms with Gasteiger partial charge in [0.1, 0.15) is 0 Å². The number of rotatable bonds is 2. The Morgan fingerprint density at radius 2 is 2.00 bits per heavy atom. The van der Waals surface area contributed by atoms with Gasteiger partial charge in [-0.05, 0) is 0 Å². The van der Waals surface area contributed by atoms with Crippen LogP contribution in [0.4, 0.5) is 0 Å². The van der Waals surface area contributed by atoms with Crippen LogP contribution in [0, 0.1) is 0 Å². The van der Waals surface area contributed by atoms with Crippen molar-refractivity contribution in [3.8, 4) is 0 Å². The van der Waals surface area contributed by atoms with Gasteiger partial charge in [0.15, 0.2) is 0 Å². The molecule has 1 heterocycles. The van der Waals surface area contributed by atoms with E-state index in [1.807, 2.05) is 0 Å². The highest BCUT2D eigenvalue weighted by Gasteiger charge is 2.05. The molecule has 0 atom stereocenters. The van der Waals surface area contributed by atoms with Crippen molar-refractivity contribution in [3.05, 3.63) is 0 Å². The molecule has 0 aliphatic carbocycles. The number of nitrogens with one attached hydrogen (secondary N) is 2. The molecule has 0 aromatic carbocycles. The lowest BCUT2D eigenvalue weighted by molar-refractivity contribution is 0.150. The predicted molar refractivity (Wildman–Crippen MR) is 34.7 cm³/mol. The first-order valence-electron chi connectivity index (χ1n) is 3.18. The van der Waals surface area contributed by atoms with Crippen LogP contribution in [-0.2, 0) is 0 Å². The van der Waals surface area contributed by atoms with Gasteiger partial charge in [0, 0.05) is 13.2 Å². The molecule has 3 N–H and O–H groups in total. The monoisotopic (exact) mass is 131 g/mol. The van der Waals surface area contributed by atoms with Crippen LogP contribution < -0.4 is 10.6 Å². The molecule has 0 bridgehead atoms. The average molecular weight is 131 g/mol. The summed E-state index contributed by atoms with van der Waals surface area (Å²) >= 11 is 0. The van der Waals surface area contributed by atoms with Gasteiger partial charge < -0.3 is 5.11 Å². The zero-order valence-corrected chi connectivity index (χ0v) is 5.43. The molecular weight excluding hydrogens is 118 g/mol. The first-order chi connectivity index (χ1) is 4.43. The van der Waals surface area contributed by atoms with E-state index in [9.17, 15) is 0 Å². The maximum absolute atomic E-state index is 8.52. The highest BCUT2D eigenvalue weighted by atomic mass is 16.3. The highest BCUT2D eigenvalue weighted by Crippen LogP contribution is 1.84. The summed E-state index contributed by atoms with van der Waals surface area (Å²) in [7, 11) is 0. The molecule has 0 amide bonds. The summed E-state index contributed by atoms with van der Waals surface area (Å²) in [5.41, 5.74) is 0. The zero-order chi connectivity index (χ0) is 6.53. The van der Waals surface area contributed by atoms with Crippen molar-refractivity contribution >= 4 is 0 Å². The quantitative estimate of drug-likeness (QED) is 0.420. The maximum atomic E-state index is 8.52. The topological polar surface area (TPSA) is 47.5 Å². The molecule has 1 aliphatic rings. The molecule has 0 saturated carbocycles. The predicted octanol–water partition coefficient (Wildman–Crippen LogP) is -1.65. The van der Waals surface area contributed by atoms with Crippen LogP contribution in [-0.4, -0.2) is 43.2 Å². The standard InChI is InChI=1S/C5H13N3O/c9-2-1-8-4-6-3-7-5-8/h6-7,9H,1-5H2. The molecule has 0 unspecified atom stereocenters. The van der Waals surface area contributed by atoms with Crippen molar-refractivity contribution in [2.45, 2.75) is 0 Å². The third-order valence-corrected chi connectivity index (χ3v) is 1.34. The van der Waals surface area contributed by atoms with E-state index in [1.54, 1.807) is 0 Å². The van der Waals surface area contributed by atoms with Gasteiger partial charge in [0.25, 0.3) is 0 Å². The lowest BCUT2D eigenvalue weighted by Crippen LogP contribution is -2.51. The molecule has 0 radical (unpaired) electrons. The smallest absolute Gasteiger partial charge is 0.0559 e. The van der Waals surface area contributed by atoms with Gasteiger partial charge in [0.05, 0.1) is 19.9 Å². The van der Waals surface area contributed by atoms with Crippen LogP contribution in [0.2, 0.25) is 0 Å². The Labute approximate surface area is 54.8 Å². The van der Waals surface area contributed by atoms with Crippen LogP contribution >= 0.6 is 0 Å². The number of β-amino-alcohol motifs (C(OH)–C–C–N with tert-alkyl or cyclic N) is 1. The summed E-state index contributed by atoms with van der Waals surface area (Å²) in [5.74, 6) is 0. The van der Waals surface area contributed by atoms with Crippen LogP contribution in [0.25, 0.3) is 0 Å². The second-order valence-corrected chi connectivity index (χ2v) is 2.11. The molecule has 9 heavy (non-hydrogen) atoms. The molecule has 54 valence electrons. The van der Waals surface area contributed by atoms with Gasteiger partial charge in [-0.2, -0.15) is 0 Å². The largest absolute Gasteiger partial charge is 0.395 e. The number of nitrogens with zero attached hydrogens (tertiary/aromatic N) is 1. The van der Waals surface area contributed by atoms with Gasteiger partial charge in [-0.3, -0.25) is 15.5 Å². The minimum atomic E-state index is 0.239. The molecule has 1 saturated heterocycles. The van der Waals surface area contributed by atoms with Gasteiger partial charge in [0.2, 0.25) is 0 Å². The van der Waals surface area contributed by atoms with Crippen LogP contribution in [0.15, 0.2) is 0 Å². The fourth-order valence-electron chi connectivity index (χ4n) is 0.872. The third-order valence-electron chi connectivity index (χ3n) is 1.34. The van der Waals surface area contributed by atoms with Crippen molar-refractivity contribution in [1.29, 1.82) is 0 Å². The van der Waals surface area contributed by atoms with Crippen molar-refractivity contribution in [2.24, 2.45) is 0 Å². The number of aliphatic hydroxyl groups excluding tert-OH is 1.